The average Bonchev–Trinajstić information content (AvgIpc) is 2.90. The molecule has 2 atom stereocenters. The number of aromatic nitrogens is 3. The van der Waals surface area contributed by atoms with Crippen molar-refractivity contribution in [1.82, 2.24) is 19.3 Å². The van der Waals surface area contributed by atoms with Crippen LogP contribution in [0.15, 0.2) is 24.7 Å². The summed E-state index contributed by atoms with van der Waals surface area (Å²) < 4.78 is 1.97. The number of fused-ring (bicyclic) bond motifs is 3. The largest absolute Gasteiger partial charge is 0.393 e. The van der Waals surface area contributed by atoms with Crippen LogP contribution in [0.3, 0.4) is 0 Å². The summed E-state index contributed by atoms with van der Waals surface area (Å²) in [6, 6.07) is 2.98. The quantitative estimate of drug-likeness (QED) is 0.880. The van der Waals surface area contributed by atoms with E-state index < -0.39 is 0 Å². The molecule has 0 aliphatic carbocycles. The van der Waals surface area contributed by atoms with Crippen molar-refractivity contribution in [2.24, 2.45) is 0 Å². The summed E-state index contributed by atoms with van der Waals surface area (Å²) in [4.78, 5) is 11.3. The van der Waals surface area contributed by atoms with Crippen LogP contribution >= 0.6 is 0 Å². The number of piperidine rings is 1. The summed E-state index contributed by atoms with van der Waals surface area (Å²) in [5, 5.41) is 9.83. The van der Waals surface area contributed by atoms with E-state index in [4.69, 9.17) is 0 Å². The van der Waals surface area contributed by atoms with Gasteiger partial charge in [-0.15, -0.1) is 0 Å². The Morgan fingerprint density at radius 3 is 2.79 bits per heavy atom. The molecule has 5 heteroatoms. The van der Waals surface area contributed by atoms with E-state index in [1.54, 1.807) is 6.20 Å². The maximum atomic E-state index is 9.83. The predicted molar refractivity (Wildman–Crippen MR) is 70.6 cm³/mol. The van der Waals surface area contributed by atoms with E-state index in [-0.39, 0.29) is 6.10 Å². The van der Waals surface area contributed by atoms with Crippen LogP contribution in [0.2, 0.25) is 0 Å². The Balaban J connectivity index is 1.58. The standard InChI is InChI=1S/C14H18N4O/c19-13-6-11-2-3-12(7-13)18(11)9-10-8-17-5-1-4-15-14(17)16-10/h1,4-5,8,11-13,19H,2-3,6-7,9H2. The van der Waals surface area contributed by atoms with Gasteiger partial charge in [0.15, 0.2) is 0 Å². The van der Waals surface area contributed by atoms with Crippen molar-refractivity contribution in [3.05, 3.63) is 30.4 Å². The predicted octanol–water partition coefficient (Wildman–Crippen LogP) is 1.22. The molecule has 0 aromatic carbocycles. The van der Waals surface area contributed by atoms with Crippen molar-refractivity contribution in [3.8, 4) is 0 Å². The molecule has 2 aromatic rings. The van der Waals surface area contributed by atoms with Crippen LogP contribution < -0.4 is 0 Å². The molecule has 0 radical (unpaired) electrons. The fourth-order valence-corrected chi connectivity index (χ4v) is 3.65. The van der Waals surface area contributed by atoms with E-state index in [9.17, 15) is 5.11 Å². The minimum atomic E-state index is -0.100. The minimum Gasteiger partial charge on any atom is -0.393 e. The second kappa shape index (κ2) is 4.28. The van der Waals surface area contributed by atoms with Crippen molar-refractivity contribution in [2.75, 3.05) is 0 Å². The number of rotatable bonds is 2. The molecule has 2 aliphatic rings. The van der Waals surface area contributed by atoms with Gasteiger partial charge < -0.3 is 5.11 Å². The summed E-state index contributed by atoms with van der Waals surface area (Å²) in [5.41, 5.74) is 1.08. The third-order valence-electron chi connectivity index (χ3n) is 4.49. The highest BCUT2D eigenvalue weighted by atomic mass is 16.3. The van der Waals surface area contributed by atoms with Gasteiger partial charge >= 0.3 is 0 Å². The third kappa shape index (κ3) is 1.93. The van der Waals surface area contributed by atoms with Crippen LogP contribution in [0.5, 0.6) is 0 Å². The van der Waals surface area contributed by atoms with Gasteiger partial charge in [0, 0.05) is 37.2 Å². The summed E-state index contributed by atoms with van der Waals surface area (Å²) in [6.07, 6.45) is 9.98. The van der Waals surface area contributed by atoms with Crippen LogP contribution in [-0.4, -0.2) is 42.6 Å². The number of nitrogens with zero attached hydrogens (tertiary/aromatic N) is 4. The SMILES string of the molecule is OC1CC2CCC(C1)N2Cc1cn2cccnc2n1. The first-order valence-corrected chi connectivity index (χ1v) is 7.02. The number of hydrogen-bond donors (Lipinski definition) is 1. The Labute approximate surface area is 111 Å². The topological polar surface area (TPSA) is 53.7 Å². The van der Waals surface area contributed by atoms with Gasteiger partial charge in [0.1, 0.15) is 0 Å². The molecule has 4 heterocycles. The second-order valence-corrected chi connectivity index (χ2v) is 5.74. The minimum absolute atomic E-state index is 0.100. The zero-order chi connectivity index (χ0) is 12.8. The maximum absolute atomic E-state index is 9.83. The highest BCUT2D eigenvalue weighted by Crippen LogP contribution is 2.36. The maximum Gasteiger partial charge on any atom is 0.233 e. The average molecular weight is 258 g/mol. The highest BCUT2D eigenvalue weighted by molar-refractivity contribution is 5.29. The molecule has 2 fully saturated rings. The van der Waals surface area contributed by atoms with Crippen molar-refractivity contribution < 1.29 is 5.11 Å². The number of aliphatic hydroxyl groups excluding tert-OH is 1. The lowest BCUT2D eigenvalue weighted by atomic mass is 10.00. The van der Waals surface area contributed by atoms with Crippen molar-refractivity contribution in [3.63, 3.8) is 0 Å². The molecular weight excluding hydrogens is 240 g/mol. The van der Waals surface area contributed by atoms with E-state index in [0.717, 1.165) is 30.9 Å². The first kappa shape index (κ1) is 11.4. The molecule has 2 aliphatic heterocycles. The summed E-state index contributed by atoms with van der Waals surface area (Å²) in [6.45, 7) is 0.880. The zero-order valence-electron chi connectivity index (χ0n) is 10.8. The van der Waals surface area contributed by atoms with E-state index in [0.29, 0.717) is 12.1 Å². The van der Waals surface area contributed by atoms with Crippen LogP contribution in [0.1, 0.15) is 31.4 Å². The van der Waals surface area contributed by atoms with Gasteiger partial charge in [0.2, 0.25) is 5.78 Å². The molecule has 0 saturated carbocycles. The van der Waals surface area contributed by atoms with E-state index in [1.165, 1.54) is 12.8 Å². The molecular formula is C14H18N4O. The molecule has 2 aromatic heterocycles. The number of imidazole rings is 1. The summed E-state index contributed by atoms with van der Waals surface area (Å²) in [7, 11) is 0. The Kier molecular flexibility index (Phi) is 2.56. The van der Waals surface area contributed by atoms with Crippen LogP contribution in [-0.2, 0) is 6.54 Å². The van der Waals surface area contributed by atoms with Gasteiger partial charge in [-0.25, -0.2) is 9.97 Å². The van der Waals surface area contributed by atoms with Gasteiger partial charge in [-0.3, -0.25) is 9.30 Å². The van der Waals surface area contributed by atoms with Crippen molar-refractivity contribution in [2.45, 2.75) is 50.4 Å². The molecule has 0 spiro atoms. The Bertz CT molecular complexity index is 549. The van der Waals surface area contributed by atoms with Gasteiger partial charge in [-0.2, -0.15) is 0 Å². The zero-order valence-corrected chi connectivity index (χ0v) is 10.8. The fourth-order valence-electron chi connectivity index (χ4n) is 3.65. The van der Waals surface area contributed by atoms with Crippen LogP contribution in [0, 0.1) is 0 Å². The lowest BCUT2D eigenvalue weighted by molar-refractivity contribution is 0.0304. The number of aliphatic hydroxyl groups is 1. The first-order chi connectivity index (χ1) is 9.29. The Morgan fingerprint density at radius 2 is 2.05 bits per heavy atom. The normalized spacial score (nSPS) is 31.1. The lowest BCUT2D eigenvalue weighted by Crippen LogP contribution is -2.44. The molecule has 4 rings (SSSR count). The molecule has 2 saturated heterocycles. The van der Waals surface area contributed by atoms with E-state index in [1.807, 2.05) is 16.7 Å². The summed E-state index contributed by atoms with van der Waals surface area (Å²) >= 11 is 0. The third-order valence-corrected chi connectivity index (χ3v) is 4.49. The molecule has 2 unspecified atom stereocenters. The van der Waals surface area contributed by atoms with E-state index in [2.05, 4.69) is 21.1 Å². The Morgan fingerprint density at radius 1 is 1.26 bits per heavy atom. The van der Waals surface area contributed by atoms with Crippen LogP contribution in [0.4, 0.5) is 0 Å². The fraction of sp³-hybridized carbons (Fsp3) is 0.571. The molecule has 1 N–H and O–H groups in total. The smallest absolute Gasteiger partial charge is 0.233 e. The molecule has 2 bridgehead atoms. The Hall–Kier alpha value is -1.46. The second-order valence-electron chi connectivity index (χ2n) is 5.74. The molecule has 0 amide bonds. The van der Waals surface area contributed by atoms with Gasteiger partial charge in [0.05, 0.1) is 11.8 Å². The molecule has 19 heavy (non-hydrogen) atoms. The summed E-state index contributed by atoms with van der Waals surface area (Å²) in [5.74, 6) is 0.766. The van der Waals surface area contributed by atoms with Crippen LogP contribution in [0.25, 0.3) is 5.78 Å². The monoisotopic (exact) mass is 258 g/mol. The van der Waals surface area contributed by atoms with Gasteiger partial charge in [-0.1, -0.05) is 0 Å². The molecule has 100 valence electrons. The van der Waals surface area contributed by atoms with Crippen molar-refractivity contribution >= 4 is 5.78 Å². The highest BCUT2D eigenvalue weighted by Gasteiger charge is 2.40. The number of hydrogen-bond acceptors (Lipinski definition) is 4. The van der Waals surface area contributed by atoms with Crippen molar-refractivity contribution in [1.29, 1.82) is 0 Å². The van der Waals surface area contributed by atoms with Gasteiger partial charge in [-0.05, 0) is 31.7 Å². The molecule has 5 nitrogen and oxygen atoms in total. The lowest BCUT2D eigenvalue weighted by Gasteiger charge is -2.36. The first-order valence-electron chi connectivity index (χ1n) is 7.02. The van der Waals surface area contributed by atoms with E-state index >= 15 is 0 Å². The van der Waals surface area contributed by atoms with Gasteiger partial charge in [0.25, 0.3) is 0 Å².